The summed E-state index contributed by atoms with van der Waals surface area (Å²) in [5.74, 6) is -10.3. The van der Waals surface area contributed by atoms with E-state index in [2.05, 4.69) is 12.5 Å². The van der Waals surface area contributed by atoms with E-state index in [4.69, 9.17) is 71.1 Å². The highest BCUT2D eigenvalue weighted by Crippen LogP contribution is 2.41. The summed E-state index contributed by atoms with van der Waals surface area (Å²) < 4.78 is 341. The molecule has 0 amide bonds. The van der Waals surface area contributed by atoms with Crippen molar-refractivity contribution in [1.29, 1.82) is 0 Å². The molecule has 65 nitrogen and oxygen atoms in total. The Bertz CT molecular complexity index is 4460. The zero-order chi connectivity index (χ0) is 90.4. The second kappa shape index (κ2) is 39.3. The number of carboxylic acids is 4. The maximum absolute atomic E-state index is 13.2. The van der Waals surface area contributed by atoms with Gasteiger partial charge in [-0.25, -0.2) is 31.7 Å². The number of hydrogen-bond donors (Lipinski definition) is 29. The summed E-state index contributed by atoms with van der Waals surface area (Å²) in [5.41, 5.74) is 0. The molecule has 0 aromatic heterocycles. The smallest absolute Gasteiger partial charge is 0.397 e. The summed E-state index contributed by atoms with van der Waals surface area (Å²) in [7, 11) is -41.6. The summed E-state index contributed by atoms with van der Waals surface area (Å²) in [6, 6.07) is -11.1. The molecule has 696 valence electrons. The molecule has 0 saturated carbocycles. The molecule has 7 saturated heterocycles. The van der Waals surface area contributed by atoms with E-state index in [1.165, 1.54) is 18.9 Å². The van der Waals surface area contributed by atoms with E-state index in [0.29, 0.717) is 6.08 Å². The summed E-state index contributed by atoms with van der Waals surface area (Å²) in [6.07, 6.45) is -95.7. The summed E-state index contributed by atoms with van der Waals surface area (Å²) >= 11 is 0. The Labute approximate surface area is 669 Å². The molecule has 0 bridgehead atoms. The van der Waals surface area contributed by atoms with Crippen LogP contribution in [0.4, 0.5) is 0 Å². The average Bonchev–Trinajstić information content (AvgIpc) is 0.760. The number of ether oxygens (including phenoxy) is 15. The molecule has 8 rings (SSSR count). The first-order chi connectivity index (χ1) is 55.1. The lowest BCUT2D eigenvalue weighted by atomic mass is 9.94. The zero-order valence-electron chi connectivity index (χ0n) is 58.6. The normalized spacial score (nSPS) is 42.3. The molecule has 0 aromatic carbocycles. The van der Waals surface area contributed by atoms with Gasteiger partial charge in [-0.2, -0.15) is 77.8 Å². The van der Waals surface area contributed by atoms with Crippen LogP contribution in [0.1, 0.15) is 0 Å². The molecular weight excluding hydrogens is 1830 g/mol. The van der Waals surface area contributed by atoms with Gasteiger partial charge in [-0.1, -0.05) is 0 Å². The lowest BCUT2D eigenvalue weighted by Gasteiger charge is -2.50. The highest BCUT2D eigenvalue weighted by molar-refractivity contribution is 7.84. The minimum Gasteiger partial charge on any atom is -0.479 e. The van der Waals surface area contributed by atoms with Crippen molar-refractivity contribution in [2.45, 2.75) is 233 Å². The number of nitrogens with one attached hydrogen (secondary N) is 4. The minimum atomic E-state index is -6.25. The molecular formula is C48H76N4O61S7. The molecule has 29 N–H and O–H groups in total. The van der Waals surface area contributed by atoms with Gasteiger partial charge in [-0.05, 0) is 6.08 Å². The third-order valence-corrected chi connectivity index (χ3v) is 21.7. The SMILES string of the molecule is O=C(O)C1=C[C@H](O)[C@@H](O)[C@H](O[C@H]2[C@H](O)[C@@H](NS(=O)(=O)O)[C@@H](OC3C(C(=O)O)OC(O[C@H]4[C@H](O)[C@@H](NS(=O)(=O)O)[C@@H](OC5C(C(=O)O)OC(O[C@H]6[C@H](O)[C@@H](NS(=O)(=O)O)[C@@H](OC7C(C(=O)O)OC(O[C@H]8[C@H](O)[C@@H](NS(=O)(=O)O)[C@@H](O)O[C@@H]8CO)C(OS(=O)(=O)O)C7O)O[C@@H]6CO)C(OS(=O)(=O)O)C5O)O[C@@H]4CO)C(OS(=O)(=O)O)C3O)O[C@@H]2CO)O1. The first kappa shape index (κ1) is 101. The third kappa shape index (κ3) is 25.2. The lowest BCUT2D eigenvalue weighted by molar-refractivity contribution is -0.378. The van der Waals surface area contributed by atoms with Crippen molar-refractivity contribution < 1.29 is 285 Å². The van der Waals surface area contributed by atoms with Gasteiger partial charge in [0.2, 0.25) is 12.0 Å². The van der Waals surface area contributed by atoms with Crippen LogP contribution in [0.25, 0.3) is 0 Å². The van der Waals surface area contributed by atoms with E-state index in [0.717, 1.165) is 0 Å². The van der Waals surface area contributed by atoms with Gasteiger partial charge < -0.3 is 163 Å². The highest BCUT2D eigenvalue weighted by Gasteiger charge is 2.64. The van der Waals surface area contributed by atoms with Gasteiger partial charge in [0, 0.05) is 0 Å². The number of aliphatic hydroxyl groups is 14. The van der Waals surface area contributed by atoms with E-state index < -0.39 is 362 Å². The van der Waals surface area contributed by atoms with E-state index in [1.807, 2.05) is 0 Å². The van der Waals surface area contributed by atoms with E-state index in [1.54, 1.807) is 0 Å². The van der Waals surface area contributed by atoms with Crippen molar-refractivity contribution in [3.8, 4) is 0 Å². The standard InChI is InChI=1S/C48H76N4O61S7/c53-2-8-24(17(59)12(41(74)96-8)49-114(75,76)77)102-46-31(111-118(87,88)89)21(63)28(34(108-46)38(68)69)106-43-14(51-116(81,82)83)19(61)26(10(4-55)99-43)104-48-33(113-120(93,94)95)23(65)30(36(110-48)40(72)73)107-44-15(52-117(84,85)86)20(62)27(11(5-56)100-44)103-47-32(112-119(90,91)92)22(64)29(35(109-47)39(70)71)105-42-13(50-115(78,79)80)18(60)25(9(3-54)98-42)101-45-16(58)6(57)1-7(97-45)37(66)67/h1,6,8-36,41-65,74H,2-5H2,(H,66,67)(H,68,69)(H,70,71)(H,72,73)(H,75,76,77)(H,78,79,80)(H,81,82,83)(H,84,85,86)(H,87,88,89)(H,90,91,92)(H,93,94,95)/t6-,8+,9+,10+,11+,12+,13+,14+,15+,16+,17+,18+,19+,20+,21?,22?,23?,24+,25+,26+,27+,28?,29?,30?,31?,32?,33?,34?,35?,36?,41-,42+,43+,44+,45-,46?,47?,48?/m0/s1. The number of rotatable bonds is 36. The van der Waals surface area contributed by atoms with E-state index in [9.17, 15) is 202 Å². The van der Waals surface area contributed by atoms with Gasteiger partial charge in [0.15, 0.2) is 80.7 Å². The van der Waals surface area contributed by atoms with Crippen LogP contribution in [0.5, 0.6) is 0 Å². The first-order valence-electron chi connectivity index (χ1n) is 32.8. The number of aliphatic hydroxyl groups excluding tert-OH is 14. The Hall–Kier alpha value is -4.61. The third-order valence-electron chi connectivity index (χ3n) is 18.0. The Morgan fingerprint density at radius 1 is 0.308 bits per heavy atom. The topological polar surface area (TPSA) is 1030 Å². The maximum Gasteiger partial charge on any atom is 0.397 e. The van der Waals surface area contributed by atoms with Gasteiger partial charge in [0.05, 0.1) is 26.4 Å². The minimum absolute atomic E-state index is 0.461. The Morgan fingerprint density at radius 2 is 0.550 bits per heavy atom. The zero-order valence-corrected chi connectivity index (χ0v) is 64.3. The molecule has 38 atom stereocenters. The van der Waals surface area contributed by atoms with Gasteiger partial charge in [0.25, 0.3) is 0 Å². The van der Waals surface area contributed by atoms with Crippen molar-refractivity contribution in [2.75, 3.05) is 26.4 Å². The fraction of sp³-hybridized carbons (Fsp3) is 0.875. The molecule has 15 unspecified atom stereocenters. The fourth-order valence-corrected chi connectivity index (χ4v) is 16.9. The number of aliphatic carboxylic acids is 4. The van der Waals surface area contributed by atoms with Crippen molar-refractivity contribution >= 4 is 96.3 Å². The second-order valence-electron chi connectivity index (χ2n) is 26.1. The van der Waals surface area contributed by atoms with Gasteiger partial charge in [-0.15, -0.1) is 0 Å². The van der Waals surface area contributed by atoms with Crippen LogP contribution in [0.3, 0.4) is 0 Å². The number of carboxylic acid groups (broad SMARTS) is 4. The molecule has 8 aliphatic heterocycles. The van der Waals surface area contributed by atoms with Crippen LogP contribution in [0, 0.1) is 0 Å². The Kier molecular flexibility index (Phi) is 33.0. The Balaban J connectivity index is 1.06. The van der Waals surface area contributed by atoms with Gasteiger partial charge in [-0.3, -0.25) is 31.9 Å². The quantitative estimate of drug-likeness (QED) is 0.0259. The predicted molar refractivity (Wildman–Crippen MR) is 346 cm³/mol. The molecule has 72 heteroatoms. The monoisotopic (exact) mass is 1910 g/mol. The molecule has 0 aromatic rings. The molecule has 7 fully saturated rings. The molecule has 8 heterocycles. The summed E-state index contributed by atoms with van der Waals surface area (Å²) in [6.45, 7) is -6.29. The highest BCUT2D eigenvalue weighted by atomic mass is 32.3. The van der Waals surface area contributed by atoms with Crippen LogP contribution in [-0.4, -0.2) is 466 Å². The Morgan fingerprint density at radius 3 is 0.792 bits per heavy atom. The molecule has 8 aliphatic rings. The van der Waals surface area contributed by atoms with Crippen molar-refractivity contribution in [2.24, 2.45) is 0 Å². The van der Waals surface area contributed by atoms with Crippen molar-refractivity contribution in [3.63, 3.8) is 0 Å². The van der Waals surface area contributed by atoms with Crippen LogP contribution < -0.4 is 18.9 Å². The largest absolute Gasteiger partial charge is 0.479 e. The predicted octanol–water partition coefficient (Wildman–Crippen LogP) is -19.8. The van der Waals surface area contributed by atoms with Crippen molar-refractivity contribution in [1.82, 2.24) is 18.9 Å². The van der Waals surface area contributed by atoms with E-state index in [-0.39, 0.29) is 0 Å². The number of hydrogen-bond acceptors (Lipinski definition) is 50. The molecule has 0 radical (unpaired) electrons. The average molecular weight is 1910 g/mol. The van der Waals surface area contributed by atoms with Gasteiger partial charge in [0.1, 0.15) is 146 Å². The first-order valence-corrected chi connectivity index (χ1v) is 42.6. The van der Waals surface area contributed by atoms with Crippen LogP contribution in [0.15, 0.2) is 11.8 Å². The van der Waals surface area contributed by atoms with Crippen LogP contribution in [0.2, 0.25) is 0 Å². The molecule has 0 spiro atoms. The summed E-state index contributed by atoms with van der Waals surface area (Å²) in [4.78, 5) is 50.9. The van der Waals surface area contributed by atoms with E-state index >= 15 is 0 Å². The maximum atomic E-state index is 13.2. The fourth-order valence-electron chi connectivity index (χ4n) is 13.0. The molecule has 0 aliphatic carbocycles. The van der Waals surface area contributed by atoms with Crippen molar-refractivity contribution in [3.05, 3.63) is 11.8 Å². The van der Waals surface area contributed by atoms with Gasteiger partial charge >= 0.3 is 96.3 Å². The second-order valence-corrected chi connectivity index (χ2v) is 34.0. The lowest BCUT2D eigenvalue weighted by Crippen LogP contribution is -2.71. The molecule has 120 heavy (non-hydrogen) atoms. The summed E-state index contributed by atoms with van der Waals surface area (Å²) in [5, 5.41) is 196. The number of carbonyl (C=O) groups is 4. The van der Waals surface area contributed by atoms with Crippen LogP contribution in [-0.2, 0) is 175 Å². The van der Waals surface area contributed by atoms with Crippen LogP contribution >= 0.6 is 0 Å².